The summed E-state index contributed by atoms with van der Waals surface area (Å²) in [5.74, 6) is -0.746. The summed E-state index contributed by atoms with van der Waals surface area (Å²) in [5.41, 5.74) is 1.62. The summed E-state index contributed by atoms with van der Waals surface area (Å²) in [5, 5.41) is 2.82. The number of sulfonamides is 1. The summed E-state index contributed by atoms with van der Waals surface area (Å²) in [4.78, 5) is 27.5. The van der Waals surface area contributed by atoms with E-state index in [1.807, 2.05) is 48.5 Å². The molecular weight excluding hydrogens is 442 g/mol. The zero-order valence-electron chi connectivity index (χ0n) is 19.4. The highest BCUT2D eigenvalue weighted by Crippen LogP contribution is 2.13. The highest BCUT2D eigenvalue weighted by molar-refractivity contribution is 7.88. The predicted molar refractivity (Wildman–Crippen MR) is 128 cm³/mol. The topological polar surface area (TPSA) is 96.0 Å². The monoisotopic (exact) mass is 475 g/mol. The quantitative estimate of drug-likeness (QED) is 0.447. The van der Waals surface area contributed by atoms with E-state index < -0.39 is 22.0 Å². The molecule has 0 heterocycles. The van der Waals surface area contributed by atoms with Crippen molar-refractivity contribution >= 4 is 21.8 Å². The van der Waals surface area contributed by atoms with Crippen molar-refractivity contribution in [3.8, 4) is 0 Å². The van der Waals surface area contributed by atoms with Crippen molar-refractivity contribution in [1.29, 1.82) is 0 Å². The molecule has 0 saturated heterocycles. The molecule has 8 nitrogen and oxygen atoms in total. The van der Waals surface area contributed by atoms with Crippen molar-refractivity contribution in [2.24, 2.45) is 0 Å². The molecule has 2 amide bonds. The Morgan fingerprint density at radius 1 is 0.970 bits per heavy atom. The maximum absolute atomic E-state index is 13.3. The van der Waals surface area contributed by atoms with Crippen LogP contribution in [0.4, 0.5) is 0 Å². The molecule has 2 aromatic carbocycles. The smallest absolute Gasteiger partial charge is 0.242 e. The van der Waals surface area contributed by atoms with Gasteiger partial charge < -0.3 is 15.0 Å². The van der Waals surface area contributed by atoms with E-state index in [-0.39, 0.29) is 25.5 Å². The number of nitrogens with zero attached hydrogens (tertiary/aromatic N) is 2. The number of methoxy groups -OCH3 is 1. The first-order valence-corrected chi connectivity index (χ1v) is 12.7. The van der Waals surface area contributed by atoms with Gasteiger partial charge in [-0.3, -0.25) is 9.59 Å². The van der Waals surface area contributed by atoms with Gasteiger partial charge in [-0.2, -0.15) is 4.31 Å². The molecule has 9 heteroatoms. The van der Waals surface area contributed by atoms with Crippen molar-refractivity contribution in [3.63, 3.8) is 0 Å². The number of amides is 2. The number of rotatable bonds is 13. The van der Waals surface area contributed by atoms with E-state index in [2.05, 4.69) is 5.32 Å². The van der Waals surface area contributed by atoms with E-state index in [9.17, 15) is 18.0 Å². The van der Waals surface area contributed by atoms with E-state index in [0.29, 0.717) is 19.6 Å². The Kier molecular flexibility index (Phi) is 10.5. The highest BCUT2D eigenvalue weighted by atomic mass is 32.2. The van der Waals surface area contributed by atoms with E-state index >= 15 is 0 Å². The van der Waals surface area contributed by atoms with Crippen LogP contribution < -0.4 is 5.32 Å². The molecule has 1 N–H and O–H groups in total. The average Bonchev–Trinajstić information content (AvgIpc) is 2.80. The summed E-state index contributed by atoms with van der Waals surface area (Å²) in [6.45, 7) is 2.49. The summed E-state index contributed by atoms with van der Waals surface area (Å²) in [7, 11) is -2.07. The Morgan fingerprint density at radius 3 is 2.03 bits per heavy atom. The van der Waals surface area contributed by atoms with Crippen LogP contribution in [0, 0.1) is 0 Å². The van der Waals surface area contributed by atoms with Gasteiger partial charge in [0.15, 0.2) is 0 Å². The van der Waals surface area contributed by atoms with Crippen LogP contribution in [0.1, 0.15) is 24.5 Å². The molecule has 0 aliphatic carbocycles. The summed E-state index contributed by atoms with van der Waals surface area (Å²) < 4.78 is 31.0. The Hall–Kier alpha value is -2.75. The molecule has 33 heavy (non-hydrogen) atoms. The first-order valence-electron chi connectivity index (χ1n) is 10.8. The van der Waals surface area contributed by atoms with Crippen LogP contribution in [-0.4, -0.2) is 68.5 Å². The van der Waals surface area contributed by atoms with Gasteiger partial charge in [-0.05, 0) is 24.5 Å². The Balaban J connectivity index is 2.20. The minimum absolute atomic E-state index is 0.0716. The number of carbonyl (C=O) groups excluding carboxylic acids is 2. The maximum Gasteiger partial charge on any atom is 0.242 e. The second-order valence-corrected chi connectivity index (χ2v) is 9.82. The summed E-state index contributed by atoms with van der Waals surface area (Å²) in [6.07, 6.45) is 1.73. The Bertz CT molecular complexity index is 984. The van der Waals surface area contributed by atoms with E-state index in [4.69, 9.17) is 4.74 Å². The standard InChI is InChI=1S/C24H33N3O5S/c1-20(24(29)25-15-10-16-32-2)27(18-22-13-8-5-9-14-22)23(28)19-26(33(3,30)31)17-21-11-6-4-7-12-21/h4-9,11-14,20H,10,15-19H2,1-3H3,(H,25,29)/t20-/m0/s1. The van der Waals surface area contributed by atoms with Crippen molar-refractivity contribution in [2.75, 3.05) is 33.1 Å². The second-order valence-electron chi connectivity index (χ2n) is 7.84. The first kappa shape index (κ1) is 26.5. The third kappa shape index (κ3) is 8.95. The molecule has 0 aliphatic rings. The molecule has 0 unspecified atom stereocenters. The van der Waals surface area contributed by atoms with Crippen molar-refractivity contribution in [1.82, 2.24) is 14.5 Å². The van der Waals surface area contributed by atoms with E-state index in [0.717, 1.165) is 21.7 Å². The van der Waals surface area contributed by atoms with Crippen LogP contribution in [0.3, 0.4) is 0 Å². The van der Waals surface area contributed by atoms with Gasteiger partial charge in [-0.1, -0.05) is 60.7 Å². The third-order valence-corrected chi connectivity index (χ3v) is 6.37. The van der Waals surface area contributed by atoms with Crippen molar-refractivity contribution < 1.29 is 22.7 Å². The highest BCUT2D eigenvalue weighted by Gasteiger charge is 2.29. The molecule has 1 atom stereocenters. The number of benzene rings is 2. The number of carbonyl (C=O) groups is 2. The SMILES string of the molecule is COCCCNC(=O)[C@H](C)N(Cc1ccccc1)C(=O)CN(Cc1ccccc1)S(C)(=O)=O. The molecule has 0 fully saturated rings. The van der Waals surface area contributed by atoms with Crippen molar-refractivity contribution in [3.05, 3.63) is 71.8 Å². The lowest BCUT2D eigenvalue weighted by molar-refractivity contribution is -0.140. The molecule has 0 aliphatic heterocycles. The van der Waals surface area contributed by atoms with E-state index in [1.54, 1.807) is 26.2 Å². The second kappa shape index (κ2) is 13.1. The van der Waals surface area contributed by atoms with Gasteiger partial charge in [0.05, 0.1) is 12.8 Å². The fourth-order valence-electron chi connectivity index (χ4n) is 3.26. The minimum atomic E-state index is -3.66. The Morgan fingerprint density at radius 2 is 1.52 bits per heavy atom. The number of ether oxygens (including phenoxy) is 1. The van der Waals surface area contributed by atoms with Gasteiger partial charge >= 0.3 is 0 Å². The molecule has 2 rings (SSSR count). The summed E-state index contributed by atoms with van der Waals surface area (Å²) >= 11 is 0. The van der Waals surface area contributed by atoms with E-state index in [1.165, 1.54) is 4.90 Å². The molecule has 0 saturated carbocycles. The summed E-state index contributed by atoms with van der Waals surface area (Å²) in [6, 6.07) is 17.6. The van der Waals surface area contributed by atoms with Crippen LogP contribution >= 0.6 is 0 Å². The Labute approximate surface area is 196 Å². The lowest BCUT2D eigenvalue weighted by Crippen LogP contribution is -2.51. The third-order valence-electron chi connectivity index (χ3n) is 5.17. The van der Waals surface area contributed by atoms with Gasteiger partial charge in [0, 0.05) is 33.4 Å². The molecule has 0 radical (unpaired) electrons. The minimum Gasteiger partial charge on any atom is -0.385 e. The predicted octanol–water partition coefficient (Wildman–Crippen LogP) is 2.02. The zero-order valence-corrected chi connectivity index (χ0v) is 20.3. The van der Waals surface area contributed by atoms with Gasteiger partial charge in [0.25, 0.3) is 0 Å². The lowest BCUT2D eigenvalue weighted by atomic mass is 10.1. The van der Waals surface area contributed by atoms with Crippen LogP contribution in [0.25, 0.3) is 0 Å². The zero-order chi connectivity index (χ0) is 24.3. The first-order chi connectivity index (χ1) is 15.7. The van der Waals surface area contributed by atoms with Gasteiger partial charge in [-0.15, -0.1) is 0 Å². The molecule has 0 bridgehead atoms. The fraction of sp³-hybridized carbons (Fsp3) is 0.417. The molecular formula is C24H33N3O5S. The van der Waals surface area contributed by atoms with Crippen LogP contribution in [0.2, 0.25) is 0 Å². The lowest BCUT2D eigenvalue weighted by Gasteiger charge is -2.31. The number of nitrogens with one attached hydrogen (secondary N) is 1. The van der Waals surface area contributed by atoms with Crippen molar-refractivity contribution in [2.45, 2.75) is 32.5 Å². The number of hydrogen-bond donors (Lipinski definition) is 1. The maximum atomic E-state index is 13.3. The van der Waals surface area contributed by atoms with Crippen LogP contribution in [-0.2, 0) is 37.4 Å². The largest absolute Gasteiger partial charge is 0.385 e. The van der Waals surface area contributed by atoms with Crippen LogP contribution in [0.15, 0.2) is 60.7 Å². The fourth-order valence-corrected chi connectivity index (χ4v) is 3.99. The normalized spacial score (nSPS) is 12.4. The molecule has 2 aromatic rings. The van der Waals surface area contributed by atoms with Gasteiger partial charge in [0.1, 0.15) is 6.04 Å². The van der Waals surface area contributed by atoms with Crippen LogP contribution in [0.5, 0.6) is 0 Å². The average molecular weight is 476 g/mol. The molecule has 0 spiro atoms. The van der Waals surface area contributed by atoms with Gasteiger partial charge in [-0.25, -0.2) is 8.42 Å². The molecule has 0 aromatic heterocycles. The molecule has 180 valence electrons. The van der Waals surface area contributed by atoms with Gasteiger partial charge in [0.2, 0.25) is 21.8 Å². The number of hydrogen-bond acceptors (Lipinski definition) is 5.